The van der Waals surface area contributed by atoms with Crippen molar-refractivity contribution in [2.24, 2.45) is 7.05 Å². The van der Waals surface area contributed by atoms with Crippen LogP contribution in [-0.4, -0.2) is 54.4 Å². The molecule has 2 aromatic carbocycles. The Morgan fingerprint density at radius 3 is 2.46 bits per heavy atom. The molecule has 0 amide bonds. The molecule has 0 radical (unpaired) electrons. The van der Waals surface area contributed by atoms with E-state index in [9.17, 15) is 29.1 Å². The number of nitrogens with zero attached hydrogens (tertiary/aromatic N) is 5. The number of aromatic nitrogens is 5. The van der Waals surface area contributed by atoms with E-state index in [2.05, 4.69) is 20.9 Å². The number of ketones is 2. The summed E-state index contributed by atoms with van der Waals surface area (Å²) in [7, 11) is 4.60. The quantitative estimate of drug-likeness (QED) is 0.234. The van der Waals surface area contributed by atoms with E-state index in [0.29, 0.717) is 44.8 Å². The molecule has 246 valence electrons. The van der Waals surface area contributed by atoms with Gasteiger partial charge in [-0.25, -0.2) is 28.5 Å². The number of aromatic hydroxyl groups is 1. The second-order valence-electron chi connectivity index (χ2n) is 12.0. The van der Waals surface area contributed by atoms with Crippen molar-refractivity contribution in [3.8, 4) is 17.2 Å². The van der Waals surface area contributed by atoms with E-state index in [0.717, 1.165) is 4.57 Å². The highest BCUT2D eigenvalue weighted by molar-refractivity contribution is 9.12. The van der Waals surface area contributed by atoms with E-state index in [-0.39, 0.29) is 64.6 Å². The molecule has 48 heavy (non-hydrogen) atoms. The summed E-state index contributed by atoms with van der Waals surface area (Å²) in [6.45, 7) is 1.68. The van der Waals surface area contributed by atoms with E-state index in [1.807, 2.05) is 6.08 Å². The molecule has 2 aliphatic carbocycles. The van der Waals surface area contributed by atoms with Gasteiger partial charge in [-0.2, -0.15) is 0 Å². The molecule has 0 bridgehead atoms. The molecule has 0 fully saturated rings. The van der Waals surface area contributed by atoms with Crippen molar-refractivity contribution in [2.75, 3.05) is 14.2 Å². The number of phenolic OH excluding ortho intramolecular Hbond substituents is 1. The van der Waals surface area contributed by atoms with Crippen LogP contribution in [0.2, 0.25) is 0 Å². The molecule has 4 aromatic rings. The van der Waals surface area contributed by atoms with Gasteiger partial charge < -0.3 is 19.1 Å². The molecule has 0 saturated carbocycles. The molecule has 3 heterocycles. The van der Waals surface area contributed by atoms with Gasteiger partial charge in [0.1, 0.15) is 11.4 Å². The zero-order valence-electron chi connectivity index (χ0n) is 26.4. The Kier molecular flexibility index (Phi) is 7.50. The summed E-state index contributed by atoms with van der Waals surface area (Å²) < 4.78 is 16.1. The maximum Gasteiger partial charge on any atom is 0.347 e. The first-order valence-electron chi connectivity index (χ1n) is 15.2. The predicted octanol–water partition coefficient (Wildman–Crippen LogP) is 2.73. The minimum Gasteiger partial charge on any atom is -0.508 e. The minimum absolute atomic E-state index is 0.00346. The van der Waals surface area contributed by atoms with Crippen molar-refractivity contribution >= 4 is 38.5 Å². The van der Waals surface area contributed by atoms with Crippen molar-refractivity contribution in [3.05, 3.63) is 112 Å². The Balaban J connectivity index is 1.29. The molecule has 13 nitrogen and oxygen atoms in total. The van der Waals surface area contributed by atoms with Crippen LogP contribution in [0.4, 0.5) is 0 Å². The first kappa shape index (κ1) is 31.4. The first-order chi connectivity index (χ1) is 22.9. The van der Waals surface area contributed by atoms with Gasteiger partial charge >= 0.3 is 11.4 Å². The number of rotatable bonds is 6. The summed E-state index contributed by atoms with van der Waals surface area (Å²) in [4.78, 5) is 72.5. The summed E-state index contributed by atoms with van der Waals surface area (Å²) in [5.41, 5.74) is 2.18. The number of halogens is 1. The molecular weight excluding hydrogens is 686 g/mol. The largest absolute Gasteiger partial charge is 0.508 e. The molecule has 14 heteroatoms. The fourth-order valence-electron chi connectivity index (χ4n) is 7.05. The maximum absolute atomic E-state index is 14.1. The number of hydrogen-bond acceptors (Lipinski definition) is 9. The van der Waals surface area contributed by atoms with Gasteiger partial charge in [-0.3, -0.25) is 14.4 Å². The molecule has 3 aliphatic rings. The van der Waals surface area contributed by atoms with Crippen LogP contribution in [0.15, 0.2) is 78.1 Å². The highest BCUT2D eigenvalue weighted by Gasteiger charge is 2.45. The first-order valence-corrected chi connectivity index (χ1v) is 16.0. The second-order valence-corrected chi connectivity index (χ2v) is 12.8. The van der Waals surface area contributed by atoms with Crippen LogP contribution in [0, 0.1) is 6.92 Å². The van der Waals surface area contributed by atoms with Gasteiger partial charge in [0.05, 0.1) is 42.3 Å². The van der Waals surface area contributed by atoms with Gasteiger partial charge in [0.2, 0.25) is 0 Å². The number of Topliss-reactive ketones (excluding diaryl/α,β-unsaturated/α-hetero) is 1. The van der Waals surface area contributed by atoms with Crippen LogP contribution in [0.25, 0.3) is 11.0 Å². The average molecular weight is 717 g/mol. The molecule has 1 N–H and O–H groups in total. The van der Waals surface area contributed by atoms with E-state index in [1.165, 1.54) is 40.3 Å². The number of ether oxygens (including phenoxy) is 2. The summed E-state index contributed by atoms with van der Waals surface area (Å²) in [5, 5.41) is 10.2. The lowest BCUT2D eigenvalue weighted by Gasteiger charge is -2.39. The molecular formula is C34H30BrN5O8. The number of benzene rings is 2. The molecule has 2 aromatic heterocycles. The van der Waals surface area contributed by atoms with Crippen LogP contribution >= 0.6 is 15.9 Å². The van der Waals surface area contributed by atoms with Crippen LogP contribution in [-0.2, 0) is 36.1 Å². The van der Waals surface area contributed by atoms with Crippen molar-refractivity contribution in [3.63, 3.8) is 0 Å². The fraction of sp³-hybridized carbons (Fsp3) is 0.294. The highest BCUT2D eigenvalue weighted by Crippen LogP contribution is 2.50. The van der Waals surface area contributed by atoms with Gasteiger partial charge in [0.25, 0.3) is 5.56 Å². The number of fused-ring (bicyclic) bond motifs is 4. The lowest BCUT2D eigenvalue weighted by molar-refractivity contribution is -0.115. The average Bonchev–Trinajstić information content (AvgIpc) is 3.32. The van der Waals surface area contributed by atoms with Gasteiger partial charge in [-0.1, -0.05) is 18.2 Å². The van der Waals surface area contributed by atoms with Crippen molar-refractivity contribution in [1.29, 1.82) is 0 Å². The van der Waals surface area contributed by atoms with Crippen LogP contribution in [0.1, 0.15) is 35.2 Å². The molecule has 2 unspecified atom stereocenters. The zero-order valence-corrected chi connectivity index (χ0v) is 28.0. The van der Waals surface area contributed by atoms with E-state index in [4.69, 9.17) is 9.47 Å². The Hall–Kier alpha value is -5.24. The SMILES string of the molecule is COc1cc2nc(CCn3c(=O)n4n(c3=O)C3CC5=C(C(=O)C=C(Br)C5=O)C(c5ccc(O)c(C)c5)C3=CC4)c(=O)n(C)c2cc1OC. The van der Waals surface area contributed by atoms with Crippen molar-refractivity contribution in [1.82, 2.24) is 23.5 Å². The molecule has 0 spiro atoms. The Morgan fingerprint density at radius 1 is 1.02 bits per heavy atom. The van der Waals surface area contributed by atoms with E-state index < -0.39 is 23.3 Å². The Labute approximate surface area is 280 Å². The Morgan fingerprint density at radius 2 is 1.75 bits per heavy atom. The number of phenols is 1. The summed E-state index contributed by atoms with van der Waals surface area (Å²) in [6.07, 6.45) is 3.13. The number of hydrogen-bond donors (Lipinski definition) is 1. The van der Waals surface area contributed by atoms with Gasteiger partial charge in [-0.05, 0) is 45.6 Å². The lowest BCUT2D eigenvalue weighted by Crippen LogP contribution is -2.40. The summed E-state index contributed by atoms with van der Waals surface area (Å²) >= 11 is 3.22. The topological polar surface area (TPSA) is 157 Å². The number of methoxy groups -OCH3 is 2. The molecule has 0 saturated heterocycles. The number of carbonyl (C=O) groups excluding carboxylic acids is 2. The summed E-state index contributed by atoms with van der Waals surface area (Å²) in [6, 6.07) is 7.58. The Bertz CT molecular complexity index is 2390. The predicted molar refractivity (Wildman–Crippen MR) is 178 cm³/mol. The number of carbonyl (C=O) groups is 2. The number of aryl methyl sites for hydroxylation is 3. The second kappa shape index (κ2) is 11.5. The molecule has 2 atom stereocenters. The molecule has 1 aliphatic heterocycles. The standard InChI is InChI=1S/C34H30BrN5O8/c1-16-11-17(5-6-25(16)41)29-18-7-10-39-33(45)38(34(46)40(39)23(18)12-19-30(29)26(42)13-20(35)31(19)43)9-8-21-32(44)37(2)24-15-28(48-4)27(47-3)14-22(24)36-21/h5-7,11,13-15,23,29,41H,8-10,12H2,1-4H3. The third kappa shape index (κ3) is 4.65. The smallest absolute Gasteiger partial charge is 0.347 e. The minimum atomic E-state index is -0.734. The van der Waals surface area contributed by atoms with Crippen molar-refractivity contribution in [2.45, 2.75) is 44.8 Å². The van der Waals surface area contributed by atoms with Crippen LogP contribution in [0.5, 0.6) is 17.2 Å². The lowest BCUT2D eigenvalue weighted by atomic mass is 9.68. The normalized spacial score (nSPS) is 18.7. The van der Waals surface area contributed by atoms with E-state index >= 15 is 0 Å². The van der Waals surface area contributed by atoms with Crippen molar-refractivity contribution < 1.29 is 24.2 Å². The van der Waals surface area contributed by atoms with Crippen LogP contribution in [0.3, 0.4) is 0 Å². The third-order valence-corrected chi connectivity index (χ3v) is 10.0. The van der Waals surface area contributed by atoms with Crippen LogP contribution < -0.4 is 26.4 Å². The zero-order chi connectivity index (χ0) is 34.2. The maximum atomic E-state index is 14.1. The van der Waals surface area contributed by atoms with Gasteiger partial charge in [0.15, 0.2) is 23.1 Å². The number of allylic oxidation sites excluding steroid dienone is 6. The van der Waals surface area contributed by atoms with Gasteiger partial charge in [0, 0.05) is 61.7 Å². The van der Waals surface area contributed by atoms with E-state index in [1.54, 1.807) is 38.2 Å². The third-order valence-electron chi connectivity index (χ3n) is 9.45. The fourth-order valence-corrected chi connectivity index (χ4v) is 7.49. The molecule has 7 rings (SSSR count). The van der Waals surface area contributed by atoms with Gasteiger partial charge in [-0.15, -0.1) is 0 Å². The summed E-state index contributed by atoms with van der Waals surface area (Å²) in [5.74, 6) is -0.387. The monoisotopic (exact) mass is 715 g/mol. The highest BCUT2D eigenvalue weighted by atomic mass is 79.9.